The van der Waals surface area contributed by atoms with Crippen molar-refractivity contribution in [1.82, 2.24) is 10.3 Å². The number of rotatable bonds is 10. The molecule has 0 saturated heterocycles. The van der Waals surface area contributed by atoms with Crippen molar-refractivity contribution in [2.75, 3.05) is 13.2 Å². The standard InChI is InChI=1S/C30H28F4N2O5/c1-3-24(39)25-22-14-21(18-5-4-6-19(13-18)27(40)36-29(2,15-37)16-38)23(11-12-30(32,33)34)35-28(22)41-26(25)17-7-9-20(31)10-8-17/h4-10,13-14,37-38H,3,11-12,15-16H2,1-2H3,(H,36,40). The number of furan rings is 1. The molecule has 4 aromatic rings. The first kappa shape index (κ1) is 29.9. The van der Waals surface area contributed by atoms with E-state index in [1.54, 1.807) is 13.0 Å². The normalized spacial score (nSPS) is 12.1. The Morgan fingerprint density at radius 2 is 1.68 bits per heavy atom. The Bertz CT molecular complexity index is 1570. The lowest BCUT2D eigenvalue weighted by molar-refractivity contribution is -0.134. The van der Waals surface area contributed by atoms with E-state index in [9.17, 15) is 37.4 Å². The van der Waals surface area contributed by atoms with Gasteiger partial charge in [0, 0.05) is 29.5 Å². The van der Waals surface area contributed by atoms with Crippen molar-refractivity contribution in [3.63, 3.8) is 0 Å². The number of pyridine rings is 1. The van der Waals surface area contributed by atoms with E-state index in [2.05, 4.69) is 10.3 Å². The number of alkyl halides is 3. The Kier molecular flexibility index (Phi) is 8.60. The highest BCUT2D eigenvalue weighted by Gasteiger charge is 2.30. The number of halogens is 4. The van der Waals surface area contributed by atoms with E-state index in [0.29, 0.717) is 11.1 Å². The molecule has 4 rings (SSSR count). The van der Waals surface area contributed by atoms with E-state index < -0.39 is 49.5 Å². The molecule has 2 heterocycles. The van der Waals surface area contributed by atoms with Crippen molar-refractivity contribution in [2.24, 2.45) is 0 Å². The second-order valence-electron chi connectivity index (χ2n) is 9.95. The number of aliphatic hydroxyl groups is 2. The van der Waals surface area contributed by atoms with Crippen LogP contribution in [0, 0.1) is 5.82 Å². The fourth-order valence-electron chi connectivity index (χ4n) is 4.32. The van der Waals surface area contributed by atoms with Crippen LogP contribution in [0.3, 0.4) is 0 Å². The molecule has 0 atom stereocenters. The minimum Gasteiger partial charge on any atom is -0.437 e. The summed E-state index contributed by atoms with van der Waals surface area (Å²) in [5.41, 5.74) is 0.0132. The Morgan fingerprint density at radius 1 is 1.00 bits per heavy atom. The van der Waals surface area contributed by atoms with Gasteiger partial charge < -0.3 is 19.9 Å². The first-order valence-corrected chi connectivity index (χ1v) is 12.8. The summed E-state index contributed by atoms with van der Waals surface area (Å²) in [6, 6.07) is 12.8. The van der Waals surface area contributed by atoms with E-state index >= 15 is 0 Å². The molecule has 0 bridgehead atoms. The number of aliphatic hydroxyl groups excluding tert-OH is 2. The van der Waals surface area contributed by atoms with E-state index in [1.807, 2.05) is 0 Å². The summed E-state index contributed by atoms with van der Waals surface area (Å²) in [4.78, 5) is 30.4. The summed E-state index contributed by atoms with van der Waals surface area (Å²) in [6.45, 7) is 2.05. The average molecular weight is 573 g/mol. The average Bonchev–Trinajstić information content (AvgIpc) is 3.33. The predicted molar refractivity (Wildman–Crippen MR) is 144 cm³/mol. The van der Waals surface area contributed by atoms with Crippen molar-refractivity contribution in [3.8, 4) is 22.5 Å². The molecule has 0 aliphatic carbocycles. The van der Waals surface area contributed by atoms with Gasteiger partial charge in [-0.05, 0) is 61.4 Å². The molecule has 11 heteroatoms. The number of ketones is 1. The van der Waals surface area contributed by atoms with E-state index in [-0.39, 0.29) is 51.4 Å². The molecule has 2 aromatic heterocycles. The highest BCUT2D eigenvalue weighted by Crippen LogP contribution is 2.38. The van der Waals surface area contributed by atoms with E-state index in [4.69, 9.17) is 4.42 Å². The Morgan fingerprint density at radius 3 is 2.29 bits per heavy atom. The number of carbonyl (C=O) groups is 2. The van der Waals surface area contributed by atoms with E-state index in [1.165, 1.54) is 55.5 Å². The van der Waals surface area contributed by atoms with Gasteiger partial charge in [-0.15, -0.1) is 0 Å². The number of aromatic nitrogens is 1. The summed E-state index contributed by atoms with van der Waals surface area (Å²) in [5.74, 6) is -1.30. The fourth-order valence-corrected chi connectivity index (χ4v) is 4.32. The topological polar surface area (TPSA) is 113 Å². The zero-order valence-electron chi connectivity index (χ0n) is 22.3. The third-order valence-electron chi connectivity index (χ3n) is 6.66. The predicted octanol–water partition coefficient (Wildman–Crippen LogP) is 5.86. The van der Waals surface area contributed by atoms with Gasteiger partial charge in [0.2, 0.25) is 5.71 Å². The number of Topliss-reactive ketones (excluding diaryl/α,β-unsaturated/α-hetero) is 1. The zero-order chi connectivity index (χ0) is 29.9. The first-order chi connectivity index (χ1) is 19.4. The van der Waals surface area contributed by atoms with Gasteiger partial charge in [0.15, 0.2) is 5.78 Å². The summed E-state index contributed by atoms with van der Waals surface area (Å²) >= 11 is 0. The van der Waals surface area contributed by atoms with Crippen LogP contribution in [0.2, 0.25) is 0 Å². The Labute approximate surface area is 232 Å². The molecular weight excluding hydrogens is 544 g/mol. The SMILES string of the molecule is CCC(=O)c1c(-c2ccc(F)cc2)oc2nc(CCC(F)(F)F)c(-c3cccc(C(=O)NC(C)(CO)CO)c3)cc12. The molecule has 0 spiro atoms. The number of carbonyl (C=O) groups excluding carboxylic acids is 2. The lowest BCUT2D eigenvalue weighted by Crippen LogP contribution is -2.51. The quantitative estimate of drug-likeness (QED) is 0.162. The molecule has 2 aromatic carbocycles. The highest BCUT2D eigenvalue weighted by atomic mass is 19.4. The maximum atomic E-state index is 13.6. The highest BCUT2D eigenvalue weighted by molar-refractivity contribution is 6.12. The van der Waals surface area contributed by atoms with Gasteiger partial charge in [-0.2, -0.15) is 13.2 Å². The number of amides is 1. The molecule has 3 N–H and O–H groups in total. The third kappa shape index (κ3) is 6.63. The first-order valence-electron chi connectivity index (χ1n) is 12.8. The number of benzene rings is 2. The number of nitrogens with one attached hydrogen (secondary N) is 1. The summed E-state index contributed by atoms with van der Waals surface area (Å²) < 4.78 is 59.2. The van der Waals surface area contributed by atoms with Crippen molar-refractivity contribution in [3.05, 3.63) is 77.2 Å². The van der Waals surface area contributed by atoms with Crippen molar-refractivity contribution >= 4 is 22.8 Å². The van der Waals surface area contributed by atoms with Crippen LogP contribution in [-0.4, -0.2) is 51.8 Å². The van der Waals surface area contributed by atoms with Gasteiger partial charge >= 0.3 is 6.18 Å². The van der Waals surface area contributed by atoms with Crippen LogP contribution >= 0.6 is 0 Å². The van der Waals surface area contributed by atoms with E-state index in [0.717, 1.165) is 0 Å². The minimum absolute atomic E-state index is 0.0397. The summed E-state index contributed by atoms with van der Waals surface area (Å²) in [5, 5.41) is 21.9. The molecule has 0 radical (unpaired) electrons. The lowest BCUT2D eigenvalue weighted by atomic mass is 9.95. The lowest BCUT2D eigenvalue weighted by Gasteiger charge is -2.26. The minimum atomic E-state index is -4.47. The molecule has 0 saturated carbocycles. The second kappa shape index (κ2) is 11.8. The van der Waals surface area contributed by atoms with Crippen LogP contribution in [0.4, 0.5) is 17.6 Å². The largest absolute Gasteiger partial charge is 0.437 e. The molecule has 0 aliphatic heterocycles. The van der Waals surface area contributed by atoms with Crippen LogP contribution in [0.5, 0.6) is 0 Å². The van der Waals surface area contributed by atoms with Crippen LogP contribution < -0.4 is 5.32 Å². The van der Waals surface area contributed by atoms with Crippen molar-refractivity contribution in [2.45, 2.75) is 44.8 Å². The molecule has 1 amide bonds. The number of hydrogen-bond acceptors (Lipinski definition) is 6. The molecule has 0 fully saturated rings. The maximum absolute atomic E-state index is 13.6. The molecular formula is C30H28F4N2O5. The smallest absolute Gasteiger partial charge is 0.389 e. The number of fused-ring (bicyclic) bond motifs is 1. The monoisotopic (exact) mass is 572 g/mol. The van der Waals surface area contributed by atoms with Gasteiger partial charge in [0.1, 0.15) is 11.6 Å². The third-order valence-corrected chi connectivity index (χ3v) is 6.66. The second-order valence-corrected chi connectivity index (χ2v) is 9.95. The summed E-state index contributed by atoms with van der Waals surface area (Å²) in [7, 11) is 0. The molecule has 216 valence electrons. The Hall–Kier alpha value is -4.09. The molecule has 7 nitrogen and oxygen atoms in total. The van der Waals surface area contributed by atoms with Gasteiger partial charge in [-0.1, -0.05) is 19.1 Å². The number of nitrogens with zero attached hydrogens (tertiary/aromatic N) is 1. The van der Waals surface area contributed by atoms with Crippen LogP contribution in [0.1, 0.15) is 53.1 Å². The summed E-state index contributed by atoms with van der Waals surface area (Å²) in [6.07, 6.45) is -6.04. The molecule has 0 aliphatic rings. The number of aryl methyl sites for hydroxylation is 1. The van der Waals surface area contributed by atoms with Crippen LogP contribution in [0.25, 0.3) is 33.6 Å². The molecule has 0 unspecified atom stereocenters. The van der Waals surface area contributed by atoms with Gasteiger partial charge in [0.05, 0.1) is 35.4 Å². The molecule has 41 heavy (non-hydrogen) atoms. The maximum Gasteiger partial charge on any atom is 0.389 e. The van der Waals surface area contributed by atoms with Crippen molar-refractivity contribution in [1.29, 1.82) is 0 Å². The van der Waals surface area contributed by atoms with Gasteiger partial charge in [-0.25, -0.2) is 9.37 Å². The van der Waals surface area contributed by atoms with Gasteiger partial charge in [0.25, 0.3) is 5.91 Å². The van der Waals surface area contributed by atoms with Crippen LogP contribution in [-0.2, 0) is 6.42 Å². The van der Waals surface area contributed by atoms with Crippen molar-refractivity contribution < 1.29 is 41.8 Å². The van der Waals surface area contributed by atoms with Crippen LogP contribution in [0.15, 0.2) is 59.0 Å². The Balaban J connectivity index is 1.90. The fraction of sp³-hybridized carbons (Fsp3) is 0.300. The number of hydrogen-bond donors (Lipinski definition) is 3. The zero-order valence-corrected chi connectivity index (χ0v) is 22.3. The van der Waals surface area contributed by atoms with Gasteiger partial charge in [-0.3, -0.25) is 9.59 Å².